The first kappa shape index (κ1) is 22.0. The monoisotopic (exact) mass is 457 g/mol. The average Bonchev–Trinajstić information content (AvgIpc) is 3.30. The van der Waals surface area contributed by atoms with Crippen LogP contribution in [0.15, 0.2) is 42.5 Å². The Morgan fingerprint density at radius 2 is 2.06 bits per heavy atom. The van der Waals surface area contributed by atoms with Crippen LogP contribution in [-0.4, -0.2) is 70.4 Å². The van der Waals surface area contributed by atoms with E-state index in [4.69, 9.17) is 14.6 Å². The largest absolute Gasteiger partial charge is 0.494 e. The normalized spacial score (nSPS) is 18.6. The number of carboxylic acid groups (broad SMARTS) is 1. The molecule has 3 N–H and O–H groups in total. The fourth-order valence-corrected chi connectivity index (χ4v) is 4.44. The zero-order chi connectivity index (χ0) is 22.7. The molecule has 0 spiro atoms. The topological polar surface area (TPSA) is 121 Å². The first-order chi connectivity index (χ1) is 15.4. The van der Waals surface area contributed by atoms with Crippen LogP contribution < -0.4 is 14.8 Å². The van der Waals surface area contributed by atoms with Crippen molar-refractivity contribution in [3.63, 3.8) is 0 Å². The maximum atomic E-state index is 12.5. The van der Waals surface area contributed by atoms with Crippen molar-refractivity contribution in [2.45, 2.75) is 19.1 Å². The summed E-state index contributed by atoms with van der Waals surface area (Å²) < 4.78 is 12.2. The first-order valence-electron chi connectivity index (χ1n) is 10.1. The summed E-state index contributed by atoms with van der Waals surface area (Å²) in [7, 11) is 0. The highest BCUT2D eigenvalue weighted by Crippen LogP contribution is 2.29. The molecule has 3 aromatic rings. The van der Waals surface area contributed by atoms with Gasteiger partial charge in [0.25, 0.3) is 0 Å². The SMILES string of the molecule is CCOc1ccc2nc(NC(=O)CN3C[C@@H](O)[C@H](Oc4cccc(C(=O)O)c4)C3)sc2c1. The number of aliphatic hydroxyl groups excluding tert-OH is 1. The van der Waals surface area contributed by atoms with Crippen LogP contribution in [0.1, 0.15) is 17.3 Å². The molecule has 1 amide bonds. The number of hydrogen-bond acceptors (Lipinski definition) is 8. The molecule has 0 radical (unpaired) electrons. The van der Waals surface area contributed by atoms with Gasteiger partial charge in [0.2, 0.25) is 5.91 Å². The minimum absolute atomic E-state index is 0.0756. The van der Waals surface area contributed by atoms with Gasteiger partial charge in [-0.15, -0.1) is 0 Å². The molecule has 2 atom stereocenters. The molecule has 32 heavy (non-hydrogen) atoms. The second-order valence-corrected chi connectivity index (χ2v) is 8.41. The molecule has 1 aromatic heterocycles. The summed E-state index contributed by atoms with van der Waals surface area (Å²) in [5, 5.41) is 22.7. The van der Waals surface area contributed by atoms with Crippen molar-refractivity contribution in [1.29, 1.82) is 0 Å². The number of fused-ring (bicyclic) bond motifs is 1. The highest BCUT2D eigenvalue weighted by molar-refractivity contribution is 7.22. The van der Waals surface area contributed by atoms with E-state index in [1.807, 2.05) is 25.1 Å². The Bertz CT molecular complexity index is 1130. The van der Waals surface area contributed by atoms with E-state index in [9.17, 15) is 14.7 Å². The van der Waals surface area contributed by atoms with E-state index in [-0.39, 0.29) is 24.6 Å². The lowest BCUT2D eigenvalue weighted by Crippen LogP contribution is -2.33. The summed E-state index contributed by atoms with van der Waals surface area (Å²) in [5.41, 5.74) is 0.887. The molecule has 1 aliphatic heterocycles. The Labute approximate surface area is 188 Å². The van der Waals surface area contributed by atoms with Crippen molar-refractivity contribution >= 4 is 38.6 Å². The van der Waals surface area contributed by atoms with Crippen LogP contribution in [0, 0.1) is 0 Å². The lowest BCUT2D eigenvalue weighted by atomic mass is 10.2. The molecule has 10 heteroatoms. The maximum Gasteiger partial charge on any atom is 0.335 e. The van der Waals surface area contributed by atoms with Gasteiger partial charge in [0.05, 0.1) is 28.9 Å². The van der Waals surface area contributed by atoms with E-state index in [1.54, 1.807) is 17.0 Å². The van der Waals surface area contributed by atoms with Crippen molar-refractivity contribution in [2.75, 3.05) is 31.6 Å². The molecule has 2 heterocycles. The highest BCUT2D eigenvalue weighted by atomic mass is 32.1. The summed E-state index contributed by atoms with van der Waals surface area (Å²) >= 11 is 1.37. The molecule has 1 saturated heterocycles. The number of amides is 1. The number of aromatic nitrogens is 1. The number of carbonyl (C=O) groups is 2. The fourth-order valence-electron chi connectivity index (χ4n) is 3.53. The predicted octanol–water partition coefficient (Wildman–Crippen LogP) is 2.46. The van der Waals surface area contributed by atoms with Crippen molar-refractivity contribution in [3.05, 3.63) is 48.0 Å². The van der Waals surface area contributed by atoms with E-state index in [1.165, 1.54) is 23.5 Å². The molecule has 0 saturated carbocycles. The second kappa shape index (κ2) is 9.51. The number of nitrogens with one attached hydrogen (secondary N) is 1. The Kier molecular flexibility index (Phi) is 6.54. The van der Waals surface area contributed by atoms with Crippen LogP contribution >= 0.6 is 11.3 Å². The number of β-amino-alcohol motifs (C(OH)–C–C–N with tert-alkyl or cyclic N) is 1. The highest BCUT2D eigenvalue weighted by Gasteiger charge is 2.34. The van der Waals surface area contributed by atoms with Gasteiger partial charge in [-0.3, -0.25) is 9.69 Å². The van der Waals surface area contributed by atoms with Crippen LogP contribution in [0.2, 0.25) is 0 Å². The lowest BCUT2D eigenvalue weighted by Gasteiger charge is -2.17. The first-order valence-corrected chi connectivity index (χ1v) is 11.0. The van der Waals surface area contributed by atoms with Gasteiger partial charge in [-0.1, -0.05) is 17.4 Å². The molecule has 0 unspecified atom stereocenters. The number of rotatable bonds is 8. The average molecular weight is 458 g/mol. The summed E-state index contributed by atoms with van der Waals surface area (Å²) in [4.78, 5) is 29.8. The molecule has 0 bridgehead atoms. The molecule has 4 rings (SSSR count). The van der Waals surface area contributed by atoms with Gasteiger partial charge in [-0.2, -0.15) is 0 Å². The summed E-state index contributed by atoms with van der Waals surface area (Å²) in [6.45, 7) is 3.18. The van der Waals surface area contributed by atoms with Gasteiger partial charge in [0.1, 0.15) is 23.7 Å². The fraction of sp³-hybridized carbons (Fsp3) is 0.318. The molecule has 0 aliphatic carbocycles. The summed E-state index contributed by atoms with van der Waals surface area (Å²) in [6.07, 6.45) is -1.36. The number of nitrogens with zero attached hydrogens (tertiary/aromatic N) is 2. The minimum atomic E-state index is -1.05. The molecule has 2 aromatic carbocycles. The summed E-state index contributed by atoms with van der Waals surface area (Å²) in [6, 6.07) is 11.7. The van der Waals surface area contributed by atoms with Gasteiger partial charge in [-0.05, 0) is 43.3 Å². The zero-order valence-electron chi connectivity index (χ0n) is 17.4. The van der Waals surface area contributed by atoms with Gasteiger partial charge in [0.15, 0.2) is 5.13 Å². The molecule has 9 nitrogen and oxygen atoms in total. The van der Waals surface area contributed by atoms with Gasteiger partial charge in [0, 0.05) is 13.1 Å². The third-order valence-electron chi connectivity index (χ3n) is 4.97. The Morgan fingerprint density at radius 3 is 2.84 bits per heavy atom. The second-order valence-electron chi connectivity index (χ2n) is 7.38. The maximum absolute atomic E-state index is 12.5. The van der Waals surface area contributed by atoms with E-state index < -0.39 is 18.2 Å². The number of aromatic carboxylic acids is 1. The minimum Gasteiger partial charge on any atom is -0.494 e. The van der Waals surface area contributed by atoms with Crippen molar-refractivity contribution in [1.82, 2.24) is 9.88 Å². The number of aliphatic hydroxyl groups is 1. The van der Waals surface area contributed by atoms with E-state index in [2.05, 4.69) is 10.3 Å². The number of likely N-dealkylation sites (tertiary alicyclic amines) is 1. The van der Waals surface area contributed by atoms with Crippen LogP contribution in [0.5, 0.6) is 11.5 Å². The molecule has 1 fully saturated rings. The Morgan fingerprint density at radius 1 is 1.22 bits per heavy atom. The third-order valence-corrected chi connectivity index (χ3v) is 5.90. The quantitative estimate of drug-likeness (QED) is 0.472. The lowest BCUT2D eigenvalue weighted by molar-refractivity contribution is -0.117. The van der Waals surface area contributed by atoms with E-state index in [0.29, 0.717) is 24.0 Å². The predicted molar refractivity (Wildman–Crippen MR) is 120 cm³/mol. The van der Waals surface area contributed by atoms with Crippen LogP contribution in [0.3, 0.4) is 0 Å². The number of ether oxygens (including phenoxy) is 2. The third kappa shape index (κ3) is 5.16. The van der Waals surface area contributed by atoms with Crippen LogP contribution in [0.4, 0.5) is 5.13 Å². The Hall–Kier alpha value is -3.21. The molecule has 1 aliphatic rings. The molecular weight excluding hydrogens is 434 g/mol. The van der Waals surface area contributed by atoms with Crippen molar-refractivity contribution in [2.24, 2.45) is 0 Å². The standard InChI is InChI=1S/C22H23N3O6S/c1-2-30-14-6-7-16-19(9-14)32-22(23-16)24-20(27)12-25-10-17(26)18(11-25)31-15-5-3-4-13(8-15)21(28)29/h3-9,17-18,26H,2,10-12H2,1H3,(H,28,29)(H,23,24,27)/t17-,18-/m1/s1. The van der Waals surface area contributed by atoms with Crippen LogP contribution in [-0.2, 0) is 4.79 Å². The number of thiazole rings is 1. The van der Waals surface area contributed by atoms with Crippen molar-refractivity contribution < 1.29 is 29.3 Å². The molecular formula is C22H23N3O6S. The van der Waals surface area contributed by atoms with Crippen molar-refractivity contribution in [3.8, 4) is 11.5 Å². The number of hydrogen-bond donors (Lipinski definition) is 3. The number of carbonyl (C=O) groups excluding carboxylic acids is 1. The summed E-state index contributed by atoms with van der Waals surface area (Å²) in [5.74, 6) is -0.173. The van der Waals surface area contributed by atoms with Gasteiger partial charge in [-0.25, -0.2) is 9.78 Å². The van der Waals surface area contributed by atoms with Gasteiger partial charge >= 0.3 is 5.97 Å². The van der Waals surface area contributed by atoms with Crippen LogP contribution in [0.25, 0.3) is 10.2 Å². The number of benzene rings is 2. The van der Waals surface area contributed by atoms with Gasteiger partial charge < -0.3 is 25.0 Å². The van der Waals surface area contributed by atoms with E-state index >= 15 is 0 Å². The smallest absolute Gasteiger partial charge is 0.335 e. The zero-order valence-corrected chi connectivity index (χ0v) is 18.2. The molecule has 168 valence electrons. The number of anilines is 1. The van der Waals surface area contributed by atoms with E-state index in [0.717, 1.165) is 16.0 Å². The Balaban J connectivity index is 1.33. The number of carboxylic acids is 1.